The molecule has 35 heavy (non-hydrogen) atoms. The van der Waals surface area contributed by atoms with E-state index >= 15 is 0 Å². The number of sulfonamides is 1. The first-order chi connectivity index (χ1) is 16.5. The highest BCUT2D eigenvalue weighted by Crippen LogP contribution is 2.27. The molecule has 1 saturated heterocycles. The fraction of sp³-hybridized carbons (Fsp3) is 0.625. The van der Waals surface area contributed by atoms with Crippen LogP contribution < -0.4 is 16.0 Å². The molecule has 0 bridgehead atoms. The van der Waals surface area contributed by atoms with Crippen LogP contribution in [-0.2, 0) is 19.6 Å². The summed E-state index contributed by atoms with van der Waals surface area (Å²) in [5.74, 6) is -1.24. The first-order valence-electron chi connectivity index (χ1n) is 12.1. The zero-order chi connectivity index (χ0) is 25.8. The van der Waals surface area contributed by atoms with E-state index in [-0.39, 0.29) is 25.5 Å². The molecule has 2 unspecified atom stereocenters. The van der Waals surface area contributed by atoms with Crippen LogP contribution in [-0.4, -0.2) is 87.4 Å². The molecular weight excluding hydrogens is 470 g/mol. The van der Waals surface area contributed by atoms with Gasteiger partial charge in [-0.15, -0.1) is 0 Å². The Balaban J connectivity index is 1.75. The predicted octanol–water partition coefficient (Wildman–Crippen LogP) is 0.779. The Hall–Kier alpha value is -2.66. The summed E-state index contributed by atoms with van der Waals surface area (Å²) in [6.45, 7) is 0.0385. The van der Waals surface area contributed by atoms with Gasteiger partial charge in [-0.25, -0.2) is 8.42 Å². The molecule has 1 aromatic carbocycles. The maximum Gasteiger partial charge on any atom is 0.253 e. The molecule has 3 rings (SSSR count). The van der Waals surface area contributed by atoms with Gasteiger partial charge in [0.1, 0.15) is 12.1 Å². The van der Waals surface area contributed by atoms with E-state index < -0.39 is 33.9 Å². The van der Waals surface area contributed by atoms with Gasteiger partial charge in [-0.1, -0.05) is 32.1 Å². The van der Waals surface area contributed by atoms with Gasteiger partial charge >= 0.3 is 0 Å². The van der Waals surface area contributed by atoms with E-state index in [9.17, 15) is 22.8 Å². The van der Waals surface area contributed by atoms with Crippen LogP contribution in [0.4, 0.5) is 5.69 Å². The number of carbonyl (C=O) groups is 3. The highest BCUT2D eigenvalue weighted by Gasteiger charge is 2.40. The van der Waals surface area contributed by atoms with Crippen LogP contribution in [0.3, 0.4) is 0 Å². The topological polar surface area (TPSA) is 133 Å². The van der Waals surface area contributed by atoms with Crippen LogP contribution in [0.5, 0.6) is 0 Å². The monoisotopic (exact) mass is 507 g/mol. The average molecular weight is 508 g/mol. The van der Waals surface area contributed by atoms with E-state index in [1.165, 1.54) is 4.90 Å². The van der Waals surface area contributed by atoms with Crippen LogP contribution in [0.25, 0.3) is 0 Å². The summed E-state index contributed by atoms with van der Waals surface area (Å²) in [5, 5.41) is 2.69. The molecule has 2 atom stereocenters. The second-order valence-corrected chi connectivity index (χ2v) is 11.7. The molecule has 0 spiro atoms. The number of anilines is 1. The first kappa shape index (κ1) is 26.9. The summed E-state index contributed by atoms with van der Waals surface area (Å²) in [7, 11) is 0.0823. The smallest absolute Gasteiger partial charge is 0.253 e. The molecule has 2 aliphatic rings. The lowest BCUT2D eigenvalue weighted by Gasteiger charge is -2.39. The maximum atomic E-state index is 13.3. The Morgan fingerprint density at radius 1 is 1.09 bits per heavy atom. The Bertz CT molecular complexity index is 1020. The average Bonchev–Trinajstić information content (AvgIpc) is 2.82. The Morgan fingerprint density at radius 2 is 1.71 bits per heavy atom. The van der Waals surface area contributed by atoms with Crippen molar-refractivity contribution in [3.8, 4) is 0 Å². The molecule has 2 fully saturated rings. The van der Waals surface area contributed by atoms with E-state index in [4.69, 9.17) is 5.73 Å². The third-order valence-electron chi connectivity index (χ3n) is 6.93. The molecular formula is C24H37N5O5S. The third kappa shape index (κ3) is 6.94. The Labute approximate surface area is 207 Å². The highest BCUT2D eigenvalue weighted by molar-refractivity contribution is 7.88. The second-order valence-electron chi connectivity index (χ2n) is 9.79. The van der Waals surface area contributed by atoms with Crippen LogP contribution in [0.2, 0.25) is 0 Å². The number of hydrogen-bond donors (Lipinski definition) is 2. The summed E-state index contributed by atoms with van der Waals surface area (Å²) < 4.78 is 26.0. The lowest BCUT2D eigenvalue weighted by molar-refractivity contribution is -0.131. The molecule has 1 heterocycles. The van der Waals surface area contributed by atoms with Crippen molar-refractivity contribution in [2.75, 3.05) is 44.9 Å². The fourth-order valence-electron chi connectivity index (χ4n) is 4.92. The van der Waals surface area contributed by atoms with Gasteiger partial charge in [0.25, 0.3) is 5.91 Å². The van der Waals surface area contributed by atoms with Gasteiger partial charge in [0.2, 0.25) is 21.8 Å². The summed E-state index contributed by atoms with van der Waals surface area (Å²) in [6.07, 6.45) is 6.77. The largest absolute Gasteiger partial charge is 0.378 e. The lowest BCUT2D eigenvalue weighted by atomic mass is 9.84. The SMILES string of the molecule is CN(C)c1ccc(C(=O)N2CCN(S(C)(=O)=O)C(C(=O)NC(CC3CCCCC3)C(N)=O)C2)cc1. The van der Waals surface area contributed by atoms with Gasteiger partial charge in [0.05, 0.1) is 6.26 Å². The zero-order valence-corrected chi connectivity index (χ0v) is 21.6. The van der Waals surface area contributed by atoms with Gasteiger partial charge < -0.3 is 20.9 Å². The van der Waals surface area contributed by atoms with Crippen LogP contribution in [0.1, 0.15) is 48.9 Å². The van der Waals surface area contributed by atoms with Crippen molar-refractivity contribution in [3.63, 3.8) is 0 Å². The number of nitrogens with zero attached hydrogens (tertiary/aromatic N) is 3. The summed E-state index contributed by atoms with van der Waals surface area (Å²) in [4.78, 5) is 41.9. The molecule has 3 N–H and O–H groups in total. The number of benzene rings is 1. The molecule has 1 saturated carbocycles. The standard InChI is InChI=1S/C24H37N5O5S/c1-27(2)19-11-9-18(10-12-19)24(32)28-13-14-29(35(3,33)34)21(16-28)23(31)26-20(22(25)30)15-17-7-5-4-6-8-17/h9-12,17,20-21H,4-8,13-16H2,1-3H3,(H2,25,30)(H,26,31). The van der Waals surface area contributed by atoms with E-state index in [0.717, 1.165) is 48.4 Å². The summed E-state index contributed by atoms with van der Waals surface area (Å²) >= 11 is 0. The fourth-order valence-corrected chi connectivity index (χ4v) is 5.95. The van der Waals surface area contributed by atoms with Crippen molar-refractivity contribution in [3.05, 3.63) is 29.8 Å². The molecule has 194 valence electrons. The van der Waals surface area contributed by atoms with Crippen LogP contribution in [0, 0.1) is 5.92 Å². The quantitative estimate of drug-likeness (QED) is 0.534. The van der Waals surface area contributed by atoms with Gasteiger partial charge in [-0.3, -0.25) is 14.4 Å². The molecule has 3 amide bonds. The van der Waals surface area contributed by atoms with Crippen LogP contribution in [0.15, 0.2) is 24.3 Å². The number of primary amides is 1. The molecule has 10 nitrogen and oxygen atoms in total. The minimum Gasteiger partial charge on any atom is -0.378 e. The van der Waals surface area contributed by atoms with Gasteiger partial charge in [-0.2, -0.15) is 4.31 Å². The third-order valence-corrected chi connectivity index (χ3v) is 8.22. The number of amides is 3. The van der Waals surface area contributed by atoms with Crippen molar-refractivity contribution in [1.82, 2.24) is 14.5 Å². The van der Waals surface area contributed by atoms with Crippen molar-refractivity contribution in [1.29, 1.82) is 0 Å². The first-order valence-corrected chi connectivity index (χ1v) is 14.0. The number of hydrogen-bond acceptors (Lipinski definition) is 6. The summed E-state index contributed by atoms with van der Waals surface area (Å²) in [5.41, 5.74) is 6.98. The molecule has 0 aromatic heterocycles. The van der Waals surface area contributed by atoms with Crippen molar-refractivity contribution in [2.24, 2.45) is 11.7 Å². The summed E-state index contributed by atoms with van der Waals surface area (Å²) in [6, 6.07) is 5.06. The number of nitrogens with two attached hydrogens (primary N) is 1. The predicted molar refractivity (Wildman–Crippen MR) is 134 cm³/mol. The van der Waals surface area contributed by atoms with Gasteiger partial charge in [0.15, 0.2) is 0 Å². The van der Waals surface area contributed by atoms with Gasteiger partial charge in [0, 0.05) is 45.0 Å². The van der Waals surface area contributed by atoms with E-state index in [1.54, 1.807) is 12.1 Å². The van der Waals surface area contributed by atoms with E-state index in [0.29, 0.717) is 17.9 Å². The zero-order valence-electron chi connectivity index (χ0n) is 20.8. The minimum absolute atomic E-state index is 0.0116. The number of piperazine rings is 1. The normalized spacial score (nSPS) is 20.8. The van der Waals surface area contributed by atoms with Crippen molar-refractivity contribution in [2.45, 2.75) is 50.6 Å². The maximum absolute atomic E-state index is 13.3. The van der Waals surface area contributed by atoms with Crippen LogP contribution >= 0.6 is 0 Å². The number of carbonyl (C=O) groups excluding carboxylic acids is 3. The minimum atomic E-state index is -3.72. The van der Waals surface area contributed by atoms with Crippen molar-refractivity contribution < 1.29 is 22.8 Å². The highest BCUT2D eigenvalue weighted by atomic mass is 32.2. The van der Waals surface area contributed by atoms with E-state index in [2.05, 4.69) is 5.32 Å². The molecule has 0 radical (unpaired) electrons. The molecule has 11 heteroatoms. The van der Waals surface area contributed by atoms with Gasteiger partial charge in [-0.05, 0) is 36.6 Å². The molecule has 1 aliphatic heterocycles. The molecule has 1 aromatic rings. The number of nitrogens with one attached hydrogen (secondary N) is 1. The Kier molecular flexibility index (Phi) is 8.76. The lowest BCUT2D eigenvalue weighted by Crippen LogP contribution is -2.63. The number of rotatable bonds is 8. The van der Waals surface area contributed by atoms with Crippen molar-refractivity contribution >= 4 is 33.4 Å². The van der Waals surface area contributed by atoms with E-state index in [1.807, 2.05) is 31.1 Å². The Morgan fingerprint density at radius 3 is 2.26 bits per heavy atom. The second kappa shape index (κ2) is 11.4. The molecule has 1 aliphatic carbocycles.